The summed E-state index contributed by atoms with van der Waals surface area (Å²) in [5.41, 5.74) is -1.23. The lowest BCUT2D eigenvalue weighted by Gasteiger charge is -2.06. The van der Waals surface area contributed by atoms with Crippen LogP contribution in [0.2, 0.25) is 0 Å². The first kappa shape index (κ1) is 11.1. The number of methoxy groups -OCH3 is 1. The van der Waals surface area contributed by atoms with Gasteiger partial charge in [0.2, 0.25) is 12.0 Å². The number of rotatable bonds is 2. The van der Waals surface area contributed by atoms with Gasteiger partial charge in [0.1, 0.15) is 0 Å². The molecule has 1 aromatic heterocycles. The van der Waals surface area contributed by atoms with Gasteiger partial charge in [-0.2, -0.15) is 18.2 Å². The summed E-state index contributed by atoms with van der Waals surface area (Å²) in [6, 6.07) is 0.601. The van der Waals surface area contributed by atoms with Gasteiger partial charge in [-0.1, -0.05) is 0 Å². The van der Waals surface area contributed by atoms with Crippen molar-refractivity contribution in [2.24, 2.45) is 4.99 Å². The Morgan fingerprint density at radius 3 is 2.60 bits per heavy atom. The third-order valence-electron chi connectivity index (χ3n) is 1.34. The van der Waals surface area contributed by atoms with Gasteiger partial charge in [0.25, 0.3) is 5.95 Å². The minimum atomic E-state index is -4.65. The van der Waals surface area contributed by atoms with E-state index in [-0.39, 0.29) is 5.88 Å². The standard InChI is InChI=1S/C7H4F3N3O2/c1-15-5-2-4(7(8,9)10)12-6(13-5)11-3-14/h2H,1H3. The molecule has 0 saturated heterocycles. The molecule has 0 atom stereocenters. The molecule has 0 N–H and O–H groups in total. The summed E-state index contributed by atoms with van der Waals surface area (Å²) in [6.07, 6.45) is -3.61. The SMILES string of the molecule is COc1cc(C(F)(F)F)nc(N=C=O)n1. The van der Waals surface area contributed by atoms with Crippen molar-refractivity contribution in [2.45, 2.75) is 6.18 Å². The molecule has 15 heavy (non-hydrogen) atoms. The molecular formula is C7H4F3N3O2. The van der Waals surface area contributed by atoms with Crippen LogP contribution in [0.3, 0.4) is 0 Å². The summed E-state index contributed by atoms with van der Waals surface area (Å²) < 4.78 is 41.2. The highest BCUT2D eigenvalue weighted by Crippen LogP contribution is 2.30. The van der Waals surface area contributed by atoms with Gasteiger partial charge < -0.3 is 4.74 Å². The van der Waals surface area contributed by atoms with E-state index in [0.29, 0.717) is 6.07 Å². The summed E-state index contributed by atoms with van der Waals surface area (Å²) in [5.74, 6) is -0.969. The van der Waals surface area contributed by atoms with Gasteiger partial charge in [0, 0.05) is 6.07 Å². The predicted octanol–water partition coefficient (Wildman–Crippen LogP) is 1.47. The van der Waals surface area contributed by atoms with Crippen LogP contribution in [-0.4, -0.2) is 23.2 Å². The first-order valence-electron chi connectivity index (χ1n) is 3.55. The zero-order valence-corrected chi connectivity index (χ0v) is 7.37. The minimum absolute atomic E-state index is 0.327. The smallest absolute Gasteiger partial charge is 0.433 e. The number of alkyl halides is 3. The molecular weight excluding hydrogens is 215 g/mol. The Morgan fingerprint density at radius 1 is 1.47 bits per heavy atom. The normalized spacial score (nSPS) is 10.7. The first-order valence-corrected chi connectivity index (χ1v) is 3.55. The van der Waals surface area contributed by atoms with E-state index in [0.717, 1.165) is 13.2 Å². The van der Waals surface area contributed by atoms with Gasteiger partial charge in [0.15, 0.2) is 5.69 Å². The number of carbonyl (C=O) groups excluding carboxylic acids is 1. The number of nitrogens with zero attached hydrogens (tertiary/aromatic N) is 3. The lowest BCUT2D eigenvalue weighted by molar-refractivity contribution is -0.141. The van der Waals surface area contributed by atoms with Gasteiger partial charge in [-0.05, 0) is 0 Å². The molecule has 1 aromatic rings. The van der Waals surface area contributed by atoms with Crippen molar-refractivity contribution < 1.29 is 22.7 Å². The average Bonchev–Trinajstić information content (AvgIpc) is 2.16. The van der Waals surface area contributed by atoms with E-state index in [9.17, 15) is 18.0 Å². The van der Waals surface area contributed by atoms with Gasteiger partial charge in [0.05, 0.1) is 7.11 Å². The molecule has 8 heteroatoms. The van der Waals surface area contributed by atoms with Crippen molar-refractivity contribution in [3.63, 3.8) is 0 Å². The van der Waals surface area contributed by atoms with Crippen molar-refractivity contribution in [1.29, 1.82) is 0 Å². The van der Waals surface area contributed by atoms with Crippen molar-refractivity contribution in [2.75, 3.05) is 7.11 Å². The number of halogens is 3. The van der Waals surface area contributed by atoms with Crippen LogP contribution in [0.4, 0.5) is 19.1 Å². The lowest BCUT2D eigenvalue weighted by atomic mass is 10.4. The molecule has 0 amide bonds. The molecule has 0 bridgehead atoms. The monoisotopic (exact) mass is 219 g/mol. The van der Waals surface area contributed by atoms with Crippen molar-refractivity contribution in [1.82, 2.24) is 9.97 Å². The van der Waals surface area contributed by atoms with Crippen molar-refractivity contribution in [3.05, 3.63) is 11.8 Å². The first-order chi connectivity index (χ1) is 6.97. The number of ether oxygens (including phenoxy) is 1. The van der Waals surface area contributed by atoms with Gasteiger partial charge >= 0.3 is 6.18 Å². The average molecular weight is 219 g/mol. The molecule has 0 spiro atoms. The molecule has 0 unspecified atom stereocenters. The van der Waals surface area contributed by atoms with Crippen LogP contribution in [0, 0.1) is 0 Å². The highest BCUT2D eigenvalue weighted by molar-refractivity contribution is 5.42. The Labute approximate surface area is 81.6 Å². The second-order valence-corrected chi connectivity index (χ2v) is 2.30. The molecule has 1 rings (SSSR count). The predicted molar refractivity (Wildman–Crippen MR) is 41.4 cm³/mol. The summed E-state index contributed by atoms with van der Waals surface area (Å²) in [7, 11) is 1.14. The Morgan fingerprint density at radius 2 is 2.13 bits per heavy atom. The summed E-state index contributed by atoms with van der Waals surface area (Å²) in [4.78, 5) is 19.1. The Bertz CT molecular complexity index is 412. The number of aliphatic imine (C=N–C) groups is 1. The number of isocyanates is 1. The molecule has 0 saturated carbocycles. The zero-order chi connectivity index (χ0) is 11.5. The minimum Gasteiger partial charge on any atom is -0.481 e. The second-order valence-electron chi connectivity index (χ2n) is 2.30. The van der Waals surface area contributed by atoms with E-state index in [1.54, 1.807) is 0 Å². The highest BCUT2D eigenvalue weighted by Gasteiger charge is 2.34. The van der Waals surface area contributed by atoms with Crippen molar-refractivity contribution in [3.8, 4) is 5.88 Å². The lowest BCUT2D eigenvalue weighted by Crippen LogP contribution is -2.09. The van der Waals surface area contributed by atoms with E-state index in [2.05, 4.69) is 19.7 Å². The Balaban J connectivity index is 3.29. The molecule has 80 valence electrons. The van der Waals surface area contributed by atoms with E-state index >= 15 is 0 Å². The molecule has 0 radical (unpaired) electrons. The highest BCUT2D eigenvalue weighted by atomic mass is 19.4. The van der Waals surface area contributed by atoms with Crippen LogP contribution in [0.15, 0.2) is 11.1 Å². The van der Waals surface area contributed by atoms with E-state index in [1.807, 2.05) is 0 Å². The number of aromatic nitrogens is 2. The zero-order valence-electron chi connectivity index (χ0n) is 7.37. The van der Waals surface area contributed by atoms with Gasteiger partial charge in [-0.25, -0.2) is 9.78 Å². The van der Waals surface area contributed by atoms with E-state index in [1.165, 1.54) is 0 Å². The Hall–Kier alpha value is -1.95. The molecule has 5 nitrogen and oxygen atoms in total. The fourth-order valence-corrected chi connectivity index (χ4v) is 0.753. The maximum atomic E-state index is 12.2. The molecule has 0 aliphatic heterocycles. The topological polar surface area (TPSA) is 64.4 Å². The largest absolute Gasteiger partial charge is 0.481 e. The van der Waals surface area contributed by atoms with Crippen LogP contribution in [0.5, 0.6) is 5.88 Å². The molecule has 0 aliphatic carbocycles. The quantitative estimate of drug-likeness (QED) is 0.558. The summed E-state index contributed by atoms with van der Waals surface area (Å²) in [6.45, 7) is 0. The molecule has 0 aliphatic rings. The van der Waals surface area contributed by atoms with E-state index < -0.39 is 17.8 Å². The third-order valence-corrected chi connectivity index (χ3v) is 1.34. The van der Waals surface area contributed by atoms with Crippen LogP contribution in [0.25, 0.3) is 0 Å². The van der Waals surface area contributed by atoms with Crippen LogP contribution >= 0.6 is 0 Å². The van der Waals surface area contributed by atoms with Gasteiger partial charge in [-0.3, -0.25) is 0 Å². The van der Waals surface area contributed by atoms with Crippen molar-refractivity contribution >= 4 is 12.0 Å². The van der Waals surface area contributed by atoms with Crippen LogP contribution in [-0.2, 0) is 11.0 Å². The molecule has 0 fully saturated rings. The maximum Gasteiger partial charge on any atom is 0.433 e. The van der Waals surface area contributed by atoms with E-state index in [4.69, 9.17) is 0 Å². The fourth-order valence-electron chi connectivity index (χ4n) is 0.753. The third kappa shape index (κ3) is 2.75. The maximum absolute atomic E-state index is 12.2. The molecule has 0 aromatic carbocycles. The number of hydrogen-bond acceptors (Lipinski definition) is 5. The van der Waals surface area contributed by atoms with Crippen LogP contribution in [0.1, 0.15) is 5.69 Å². The van der Waals surface area contributed by atoms with Gasteiger partial charge in [-0.15, -0.1) is 4.99 Å². The number of hydrogen-bond donors (Lipinski definition) is 0. The Kier molecular flexibility index (Phi) is 3.01. The van der Waals surface area contributed by atoms with Crippen LogP contribution < -0.4 is 4.74 Å². The summed E-state index contributed by atoms with van der Waals surface area (Å²) >= 11 is 0. The second kappa shape index (κ2) is 4.05. The summed E-state index contributed by atoms with van der Waals surface area (Å²) in [5, 5.41) is 0. The molecule has 1 heterocycles. The fraction of sp³-hybridized carbons (Fsp3) is 0.286.